The summed E-state index contributed by atoms with van der Waals surface area (Å²) in [6, 6.07) is 0. The Bertz CT molecular complexity index is 1510. The molecule has 0 radical (unpaired) electrons. The monoisotopic (exact) mass is 740 g/mol. The summed E-state index contributed by atoms with van der Waals surface area (Å²) in [4.78, 5) is 61.8. The molecule has 0 bridgehead atoms. The van der Waals surface area contributed by atoms with E-state index in [4.69, 9.17) is 9.84 Å². The zero-order chi connectivity index (χ0) is 39.4. The van der Waals surface area contributed by atoms with Crippen LogP contribution in [0.1, 0.15) is 152 Å². The normalized spacial score (nSPS) is 37.0. The van der Waals surface area contributed by atoms with E-state index >= 15 is 0 Å². The van der Waals surface area contributed by atoms with Crippen molar-refractivity contribution in [2.24, 2.45) is 55.7 Å². The number of carbonyl (C=O) groups is 5. The standard InChI is InChI=1S/C43H68N2O8/c1-37(2)18-20-43(36(52)44-22-10-11-32(46)45-26-34(49)50)21-19-41(8)27(28(43)23-37)12-13-30-40(7)16-15-31(39(5,6)29(40)14-17-42(30,41)9)53-35(51)25-38(3,4)24-33(47)48/h12,28-31H,10-11,13-26H2,1-9H3,(H,44,52)(H,45,46)(H,47,48)(H,49,50)/t28-,29-,30+,31-,40-,41+,42+,43-/m0/s1. The topological polar surface area (TPSA) is 159 Å². The largest absolute Gasteiger partial charge is 0.481 e. The van der Waals surface area contributed by atoms with Gasteiger partial charge < -0.3 is 25.6 Å². The van der Waals surface area contributed by atoms with Gasteiger partial charge in [-0.1, -0.05) is 74.0 Å². The maximum atomic E-state index is 14.3. The van der Waals surface area contributed by atoms with Gasteiger partial charge in [0.05, 0.1) is 18.3 Å². The van der Waals surface area contributed by atoms with Crippen LogP contribution in [0.15, 0.2) is 11.6 Å². The van der Waals surface area contributed by atoms with Crippen molar-refractivity contribution in [2.75, 3.05) is 13.1 Å². The van der Waals surface area contributed by atoms with Gasteiger partial charge in [0.15, 0.2) is 0 Å². The van der Waals surface area contributed by atoms with Gasteiger partial charge in [0.1, 0.15) is 12.6 Å². The van der Waals surface area contributed by atoms with Crippen molar-refractivity contribution < 1.29 is 38.9 Å². The van der Waals surface area contributed by atoms with Crippen LogP contribution in [0.4, 0.5) is 0 Å². The first kappa shape index (κ1) is 41.3. The number of nitrogens with one attached hydrogen (secondary N) is 2. The summed E-state index contributed by atoms with van der Waals surface area (Å²) >= 11 is 0. The maximum absolute atomic E-state index is 14.3. The lowest BCUT2D eigenvalue weighted by atomic mass is 9.33. The van der Waals surface area contributed by atoms with Gasteiger partial charge in [-0.3, -0.25) is 24.0 Å². The second-order valence-corrected chi connectivity index (χ2v) is 20.7. The number of aliphatic carboxylic acids is 2. The molecule has 10 nitrogen and oxygen atoms in total. The third kappa shape index (κ3) is 7.55. The number of fused-ring (bicyclic) bond motifs is 7. The Morgan fingerprint density at radius 3 is 2.17 bits per heavy atom. The number of amides is 2. The molecule has 298 valence electrons. The van der Waals surface area contributed by atoms with Crippen molar-refractivity contribution >= 4 is 29.7 Å². The van der Waals surface area contributed by atoms with Gasteiger partial charge in [-0.15, -0.1) is 0 Å². The third-order valence-electron chi connectivity index (χ3n) is 15.9. The van der Waals surface area contributed by atoms with Crippen LogP contribution >= 0.6 is 0 Å². The van der Waals surface area contributed by atoms with Crippen LogP contribution < -0.4 is 10.6 Å². The predicted octanol–water partition coefficient (Wildman–Crippen LogP) is 7.69. The molecule has 0 aromatic heterocycles. The van der Waals surface area contributed by atoms with Gasteiger partial charge in [0, 0.05) is 18.4 Å². The Morgan fingerprint density at radius 1 is 0.830 bits per heavy atom. The average molecular weight is 741 g/mol. The Hall–Kier alpha value is -2.91. The number of carboxylic acids is 2. The fraction of sp³-hybridized carbons (Fsp3) is 0.837. The van der Waals surface area contributed by atoms with E-state index in [0.29, 0.717) is 24.8 Å². The molecule has 0 aliphatic heterocycles. The number of allylic oxidation sites excluding steroid dienone is 2. The van der Waals surface area contributed by atoms with Crippen molar-refractivity contribution in [3.63, 3.8) is 0 Å². The molecule has 10 heteroatoms. The number of carboxylic acid groups (broad SMARTS) is 2. The fourth-order valence-electron chi connectivity index (χ4n) is 12.8. The molecule has 0 spiro atoms. The molecule has 0 heterocycles. The Balaban J connectivity index is 1.35. The molecule has 0 aromatic rings. The number of ether oxygens (including phenoxy) is 1. The quantitative estimate of drug-likeness (QED) is 0.0901. The molecular formula is C43H68N2O8. The van der Waals surface area contributed by atoms with E-state index in [1.54, 1.807) is 0 Å². The lowest BCUT2D eigenvalue weighted by molar-refractivity contribution is -0.213. The van der Waals surface area contributed by atoms with Crippen LogP contribution in [0.5, 0.6) is 0 Å². The average Bonchev–Trinajstić information content (AvgIpc) is 3.02. The highest BCUT2D eigenvalue weighted by atomic mass is 16.5. The highest BCUT2D eigenvalue weighted by Gasteiger charge is 2.69. The van der Waals surface area contributed by atoms with Gasteiger partial charge in [-0.05, 0) is 115 Å². The predicted molar refractivity (Wildman–Crippen MR) is 202 cm³/mol. The molecule has 0 unspecified atom stereocenters. The van der Waals surface area contributed by atoms with E-state index in [1.807, 2.05) is 13.8 Å². The van der Waals surface area contributed by atoms with E-state index in [1.165, 1.54) is 5.57 Å². The van der Waals surface area contributed by atoms with E-state index in [0.717, 1.165) is 64.2 Å². The summed E-state index contributed by atoms with van der Waals surface area (Å²) in [6.07, 6.45) is 12.5. The molecule has 2 amide bonds. The molecule has 5 rings (SSSR count). The first-order valence-electron chi connectivity index (χ1n) is 20.3. The number of rotatable bonds is 12. The minimum absolute atomic E-state index is 0.0445. The Labute approximate surface area is 317 Å². The molecule has 4 fully saturated rings. The summed E-state index contributed by atoms with van der Waals surface area (Å²) in [7, 11) is 0. The first-order chi connectivity index (χ1) is 24.4. The first-order valence-corrected chi connectivity index (χ1v) is 20.3. The van der Waals surface area contributed by atoms with Gasteiger partial charge in [-0.25, -0.2) is 0 Å². The summed E-state index contributed by atoms with van der Waals surface area (Å²) in [6.45, 7) is 20.4. The van der Waals surface area contributed by atoms with E-state index < -0.39 is 29.3 Å². The van der Waals surface area contributed by atoms with E-state index in [-0.39, 0.29) is 76.1 Å². The van der Waals surface area contributed by atoms with E-state index in [2.05, 4.69) is 65.2 Å². The summed E-state index contributed by atoms with van der Waals surface area (Å²) in [5.41, 5.74) is 0.315. The number of carbonyl (C=O) groups excluding carboxylic acids is 3. The molecule has 8 atom stereocenters. The molecule has 0 saturated heterocycles. The molecule has 5 aliphatic rings. The van der Waals surface area contributed by atoms with Gasteiger partial charge >= 0.3 is 17.9 Å². The lowest BCUT2D eigenvalue weighted by Crippen LogP contribution is -2.65. The molecule has 0 aromatic carbocycles. The van der Waals surface area contributed by atoms with Crippen LogP contribution in [-0.2, 0) is 28.7 Å². The van der Waals surface area contributed by atoms with Crippen LogP contribution in [-0.4, -0.2) is 59.1 Å². The summed E-state index contributed by atoms with van der Waals surface area (Å²) in [5, 5.41) is 23.8. The second-order valence-electron chi connectivity index (χ2n) is 20.7. The van der Waals surface area contributed by atoms with Crippen LogP contribution in [0.25, 0.3) is 0 Å². The summed E-state index contributed by atoms with van der Waals surface area (Å²) < 4.78 is 6.24. The van der Waals surface area contributed by atoms with Crippen molar-refractivity contribution in [2.45, 2.75) is 158 Å². The van der Waals surface area contributed by atoms with Gasteiger partial charge in [0.25, 0.3) is 0 Å². The Morgan fingerprint density at radius 2 is 1.51 bits per heavy atom. The van der Waals surface area contributed by atoms with Crippen LogP contribution in [0.3, 0.4) is 0 Å². The van der Waals surface area contributed by atoms with Crippen LogP contribution in [0, 0.1) is 55.7 Å². The second kappa shape index (κ2) is 14.3. The van der Waals surface area contributed by atoms with Gasteiger partial charge in [-0.2, -0.15) is 0 Å². The maximum Gasteiger partial charge on any atom is 0.322 e. The Kier molecular flexibility index (Phi) is 11.1. The van der Waals surface area contributed by atoms with E-state index in [9.17, 15) is 29.1 Å². The highest BCUT2D eigenvalue weighted by molar-refractivity contribution is 5.84. The highest BCUT2D eigenvalue weighted by Crippen LogP contribution is 2.76. The molecule has 4 N–H and O–H groups in total. The lowest BCUT2D eigenvalue weighted by Gasteiger charge is -2.71. The third-order valence-corrected chi connectivity index (χ3v) is 15.9. The summed E-state index contributed by atoms with van der Waals surface area (Å²) in [5.74, 6) is -1.51. The van der Waals surface area contributed by atoms with Crippen molar-refractivity contribution in [1.29, 1.82) is 0 Å². The van der Waals surface area contributed by atoms with Crippen LogP contribution in [0.2, 0.25) is 0 Å². The minimum Gasteiger partial charge on any atom is -0.481 e. The molecule has 5 aliphatic carbocycles. The number of esters is 1. The van der Waals surface area contributed by atoms with Crippen molar-refractivity contribution in [3.8, 4) is 0 Å². The number of hydrogen-bond acceptors (Lipinski definition) is 6. The SMILES string of the molecule is CC(C)(CC(=O)O)CC(=O)O[C@H]1CC[C@]2(C)[C@H]3CC=C4[C@@H]5CC(C)(C)CC[C@]5(C(=O)NCCCC(=O)NCC(=O)O)CC[C@@]4(C)[C@]3(C)CC[C@H]2C1(C)C. The van der Waals surface area contributed by atoms with Crippen molar-refractivity contribution in [1.82, 2.24) is 10.6 Å². The van der Waals surface area contributed by atoms with Crippen molar-refractivity contribution in [3.05, 3.63) is 11.6 Å². The minimum atomic E-state index is -1.08. The van der Waals surface area contributed by atoms with Gasteiger partial charge in [0.2, 0.25) is 11.8 Å². The molecule has 4 saturated carbocycles. The zero-order valence-electron chi connectivity index (χ0n) is 34.0. The smallest absolute Gasteiger partial charge is 0.322 e. The molecular weight excluding hydrogens is 672 g/mol. The zero-order valence-corrected chi connectivity index (χ0v) is 34.0. The molecule has 53 heavy (non-hydrogen) atoms. The number of hydrogen-bond donors (Lipinski definition) is 4. The fourth-order valence-corrected chi connectivity index (χ4v) is 12.8.